The van der Waals surface area contributed by atoms with Crippen LogP contribution in [0.4, 0.5) is 5.69 Å². The molecule has 6 rings (SSSR count). The van der Waals surface area contributed by atoms with E-state index in [0.29, 0.717) is 31.9 Å². The van der Waals surface area contributed by atoms with Gasteiger partial charge < -0.3 is 9.80 Å². The standard InChI is InChI=1S/C29H30N6O3S/c1-21-31-18-24(19-32-21)22-6-8-25(9-7-22)39(37,38)35-13-11-23(20-35)29(36)34-16-14-33(15-17-34)28-10-12-30-27-5-3-2-4-26(27)28/h2-10,12,18-19,23H,11,13-17,20H2,1H3. The van der Waals surface area contributed by atoms with Crippen LogP contribution in [0.1, 0.15) is 12.2 Å². The first kappa shape index (κ1) is 25.4. The molecule has 4 aromatic rings. The Kier molecular flexibility index (Phi) is 6.74. The van der Waals surface area contributed by atoms with Crippen LogP contribution in [-0.2, 0) is 14.8 Å². The summed E-state index contributed by atoms with van der Waals surface area (Å²) in [5, 5.41) is 1.11. The summed E-state index contributed by atoms with van der Waals surface area (Å²) >= 11 is 0. The summed E-state index contributed by atoms with van der Waals surface area (Å²) in [5.41, 5.74) is 3.77. The topological polar surface area (TPSA) is 99.6 Å². The molecule has 39 heavy (non-hydrogen) atoms. The number of hydrogen-bond donors (Lipinski definition) is 0. The van der Waals surface area contributed by atoms with Crippen LogP contribution in [0.15, 0.2) is 78.1 Å². The molecule has 0 radical (unpaired) electrons. The second-order valence-electron chi connectivity index (χ2n) is 10.1. The van der Waals surface area contributed by atoms with Crippen molar-refractivity contribution < 1.29 is 13.2 Å². The van der Waals surface area contributed by atoms with Crippen LogP contribution in [0.2, 0.25) is 0 Å². The van der Waals surface area contributed by atoms with Crippen molar-refractivity contribution in [2.45, 2.75) is 18.2 Å². The molecule has 2 aliphatic heterocycles. The van der Waals surface area contributed by atoms with Gasteiger partial charge in [0.25, 0.3) is 0 Å². The molecule has 2 aliphatic rings. The second-order valence-corrected chi connectivity index (χ2v) is 12.0. The zero-order valence-electron chi connectivity index (χ0n) is 21.8. The van der Waals surface area contributed by atoms with Crippen LogP contribution in [0.5, 0.6) is 0 Å². The first-order valence-electron chi connectivity index (χ1n) is 13.2. The molecule has 2 saturated heterocycles. The number of aryl methyl sites for hydroxylation is 1. The Labute approximate surface area is 228 Å². The van der Waals surface area contributed by atoms with Crippen molar-refractivity contribution in [1.82, 2.24) is 24.2 Å². The third kappa shape index (κ3) is 4.97. The molecule has 200 valence electrons. The molecule has 0 N–H and O–H groups in total. The molecule has 9 nitrogen and oxygen atoms in total. The highest BCUT2D eigenvalue weighted by atomic mass is 32.2. The van der Waals surface area contributed by atoms with Gasteiger partial charge in [-0.3, -0.25) is 9.78 Å². The predicted molar refractivity (Wildman–Crippen MR) is 150 cm³/mol. The van der Waals surface area contributed by atoms with Gasteiger partial charge in [0.1, 0.15) is 5.82 Å². The number of aromatic nitrogens is 3. The lowest BCUT2D eigenvalue weighted by Gasteiger charge is -2.37. The minimum atomic E-state index is -3.69. The van der Waals surface area contributed by atoms with Crippen molar-refractivity contribution in [2.24, 2.45) is 5.92 Å². The van der Waals surface area contributed by atoms with E-state index in [1.165, 1.54) is 4.31 Å². The highest BCUT2D eigenvalue weighted by Crippen LogP contribution is 2.29. The van der Waals surface area contributed by atoms with E-state index in [2.05, 4.69) is 25.9 Å². The van der Waals surface area contributed by atoms with Crippen molar-refractivity contribution in [2.75, 3.05) is 44.2 Å². The van der Waals surface area contributed by atoms with Crippen LogP contribution in [0.3, 0.4) is 0 Å². The number of carbonyl (C=O) groups excluding carboxylic acids is 1. The van der Waals surface area contributed by atoms with Gasteiger partial charge in [0.15, 0.2) is 0 Å². The molecule has 0 bridgehead atoms. The fourth-order valence-corrected chi connectivity index (χ4v) is 6.94. The lowest BCUT2D eigenvalue weighted by Crippen LogP contribution is -2.50. The number of nitrogens with zero attached hydrogens (tertiary/aromatic N) is 6. The number of amides is 1. The Hall–Kier alpha value is -3.89. The Morgan fingerprint density at radius 3 is 2.31 bits per heavy atom. The van der Waals surface area contributed by atoms with Gasteiger partial charge in [-0.2, -0.15) is 4.31 Å². The number of para-hydroxylation sites is 1. The maximum absolute atomic E-state index is 13.4. The quantitative estimate of drug-likeness (QED) is 0.381. The van der Waals surface area contributed by atoms with Crippen LogP contribution in [0, 0.1) is 12.8 Å². The Balaban J connectivity index is 1.08. The maximum Gasteiger partial charge on any atom is 0.243 e. The van der Waals surface area contributed by atoms with E-state index >= 15 is 0 Å². The Morgan fingerprint density at radius 1 is 0.846 bits per heavy atom. The van der Waals surface area contributed by atoms with E-state index in [4.69, 9.17) is 0 Å². The molecule has 2 fully saturated rings. The summed E-state index contributed by atoms with van der Waals surface area (Å²) in [7, 11) is -3.69. The van der Waals surface area contributed by atoms with Crippen LogP contribution in [0.25, 0.3) is 22.0 Å². The zero-order valence-corrected chi connectivity index (χ0v) is 22.6. The third-order valence-corrected chi connectivity index (χ3v) is 9.54. The highest BCUT2D eigenvalue weighted by molar-refractivity contribution is 7.89. The van der Waals surface area contributed by atoms with E-state index in [0.717, 1.165) is 40.8 Å². The summed E-state index contributed by atoms with van der Waals surface area (Å²) in [6.45, 7) is 5.06. The van der Waals surface area contributed by atoms with E-state index < -0.39 is 10.0 Å². The lowest BCUT2D eigenvalue weighted by molar-refractivity contribution is -0.135. The van der Waals surface area contributed by atoms with Crippen molar-refractivity contribution in [3.8, 4) is 11.1 Å². The summed E-state index contributed by atoms with van der Waals surface area (Å²) in [6.07, 6.45) is 5.81. The first-order chi connectivity index (χ1) is 18.9. The van der Waals surface area contributed by atoms with Gasteiger partial charge in [0, 0.05) is 74.5 Å². The average Bonchev–Trinajstić information content (AvgIpc) is 3.49. The van der Waals surface area contributed by atoms with Gasteiger partial charge in [-0.05, 0) is 43.2 Å². The highest BCUT2D eigenvalue weighted by Gasteiger charge is 2.38. The molecule has 0 saturated carbocycles. The SMILES string of the molecule is Cc1ncc(-c2ccc(S(=O)(=O)N3CCC(C(=O)N4CCN(c5ccnc6ccccc56)CC4)C3)cc2)cn1. The van der Waals surface area contributed by atoms with Gasteiger partial charge >= 0.3 is 0 Å². The molecule has 0 aliphatic carbocycles. The van der Waals surface area contributed by atoms with Crippen molar-refractivity contribution in [3.05, 3.63) is 79.0 Å². The van der Waals surface area contributed by atoms with E-state index in [1.807, 2.05) is 42.3 Å². The van der Waals surface area contributed by atoms with Gasteiger partial charge in [-0.1, -0.05) is 30.3 Å². The van der Waals surface area contributed by atoms with Crippen molar-refractivity contribution in [1.29, 1.82) is 0 Å². The normalized spacial score (nSPS) is 18.5. The van der Waals surface area contributed by atoms with E-state index in [1.54, 1.807) is 36.7 Å². The Bertz CT molecular complexity index is 1600. The van der Waals surface area contributed by atoms with Gasteiger partial charge in [0.2, 0.25) is 15.9 Å². The summed E-state index contributed by atoms with van der Waals surface area (Å²) in [5.74, 6) is 0.402. The van der Waals surface area contributed by atoms with Crippen molar-refractivity contribution in [3.63, 3.8) is 0 Å². The Morgan fingerprint density at radius 2 is 1.56 bits per heavy atom. The minimum absolute atomic E-state index is 0.0432. The van der Waals surface area contributed by atoms with Crippen LogP contribution in [-0.4, -0.2) is 77.8 Å². The molecule has 4 heterocycles. The minimum Gasteiger partial charge on any atom is -0.367 e. The fourth-order valence-electron chi connectivity index (χ4n) is 5.44. The number of hydrogen-bond acceptors (Lipinski definition) is 7. The van der Waals surface area contributed by atoms with E-state index in [-0.39, 0.29) is 23.3 Å². The van der Waals surface area contributed by atoms with Crippen LogP contribution >= 0.6 is 0 Å². The average molecular weight is 543 g/mol. The molecule has 1 atom stereocenters. The second kappa shape index (κ2) is 10.3. The number of piperazine rings is 1. The largest absolute Gasteiger partial charge is 0.367 e. The molecule has 1 amide bonds. The number of anilines is 1. The maximum atomic E-state index is 13.4. The molecule has 0 spiro atoms. The predicted octanol–water partition coefficient (Wildman–Crippen LogP) is 3.36. The molecular weight excluding hydrogens is 512 g/mol. The number of pyridine rings is 1. The number of fused-ring (bicyclic) bond motifs is 1. The summed E-state index contributed by atoms with van der Waals surface area (Å²) < 4.78 is 28.1. The first-order valence-corrected chi connectivity index (χ1v) is 14.6. The number of carbonyl (C=O) groups is 1. The summed E-state index contributed by atoms with van der Waals surface area (Å²) in [6, 6.07) is 16.9. The molecule has 2 aromatic heterocycles. The monoisotopic (exact) mass is 542 g/mol. The zero-order chi connectivity index (χ0) is 27.0. The lowest BCUT2D eigenvalue weighted by atomic mass is 10.1. The number of benzene rings is 2. The summed E-state index contributed by atoms with van der Waals surface area (Å²) in [4.78, 5) is 30.6. The third-order valence-electron chi connectivity index (χ3n) is 7.66. The molecule has 1 unspecified atom stereocenters. The van der Waals surface area contributed by atoms with Gasteiger partial charge in [-0.25, -0.2) is 18.4 Å². The van der Waals surface area contributed by atoms with Gasteiger partial charge in [0.05, 0.1) is 16.3 Å². The van der Waals surface area contributed by atoms with Crippen LogP contribution < -0.4 is 4.90 Å². The molecule has 2 aromatic carbocycles. The number of sulfonamides is 1. The van der Waals surface area contributed by atoms with E-state index in [9.17, 15) is 13.2 Å². The fraction of sp³-hybridized carbons (Fsp3) is 0.310. The molecule has 10 heteroatoms. The molecular formula is C29H30N6O3S. The number of rotatable bonds is 5. The smallest absolute Gasteiger partial charge is 0.243 e. The van der Waals surface area contributed by atoms with Crippen molar-refractivity contribution >= 4 is 32.5 Å². The van der Waals surface area contributed by atoms with Gasteiger partial charge in [-0.15, -0.1) is 0 Å².